The van der Waals surface area contributed by atoms with E-state index in [0.717, 1.165) is 26.6 Å². The van der Waals surface area contributed by atoms with Gasteiger partial charge in [-0.15, -0.1) is 0 Å². The van der Waals surface area contributed by atoms with Gasteiger partial charge in [-0.1, -0.05) is 31.1 Å². The molecule has 134 valence electrons. The standard InChI is InChI=1S/C18H19IN6O/c1-11(2)6-17-13-9-25(10-14(13)18(26)24(3)22-17)8-12-4-5-16(21-23-20)15(19)7-12/h4-5,7,9-11H,6,8H2,1-3H3/i19-2. The first-order valence-electron chi connectivity index (χ1n) is 8.28. The van der Waals surface area contributed by atoms with Gasteiger partial charge >= 0.3 is 0 Å². The number of aryl methyl sites for hydroxylation is 1. The zero-order valence-corrected chi connectivity index (χ0v) is 17.0. The van der Waals surface area contributed by atoms with Crippen molar-refractivity contribution in [2.75, 3.05) is 0 Å². The van der Waals surface area contributed by atoms with Crippen LogP contribution in [0.2, 0.25) is 0 Å². The predicted molar refractivity (Wildman–Crippen MR) is 111 cm³/mol. The number of hydrogen-bond acceptors (Lipinski definition) is 3. The van der Waals surface area contributed by atoms with Crippen molar-refractivity contribution in [2.45, 2.75) is 26.8 Å². The van der Waals surface area contributed by atoms with Gasteiger partial charge in [0.15, 0.2) is 0 Å². The van der Waals surface area contributed by atoms with E-state index in [1.54, 1.807) is 7.05 Å². The van der Waals surface area contributed by atoms with Crippen LogP contribution in [0.4, 0.5) is 5.69 Å². The highest BCUT2D eigenvalue weighted by molar-refractivity contribution is 14.1. The van der Waals surface area contributed by atoms with Crippen LogP contribution in [-0.2, 0) is 20.0 Å². The van der Waals surface area contributed by atoms with E-state index < -0.39 is 0 Å². The Bertz CT molecular complexity index is 1080. The molecule has 0 unspecified atom stereocenters. The minimum atomic E-state index is -0.0838. The van der Waals surface area contributed by atoms with Crippen molar-refractivity contribution in [1.29, 1.82) is 0 Å². The average molecular weight is 460 g/mol. The largest absolute Gasteiger partial charge is 0.348 e. The smallest absolute Gasteiger partial charge is 0.275 e. The van der Waals surface area contributed by atoms with Gasteiger partial charge in [-0.05, 0) is 52.1 Å². The highest BCUT2D eigenvalue weighted by atomic mass is 125. The average Bonchev–Trinajstić information content (AvgIpc) is 2.99. The summed E-state index contributed by atoms with van der Waals surface area (Å²) < 4.78 is 4.32. The fraction of sp³-hybridized carbons (Fsp3) is 0.333. The zero-order valence-electron chi connectivity index (χ0n) is 14.8. The molecule has 2 aromatic heterocycles. The molecule has 26 heavy (non-hydrogen) atoms. The second-order valence-corrected chi connectivity index (χ2v) is 7.87. The van der Waals surface area contributed by atoms with Crippen molar-refractivity contribution in [1.82, 2.24) is 14.3 Å². The molecule has 1 aromatic carbocycles. The van der Waals surface area contributed by atoms with E-state index >= 15 is 0 Å². The Morgan fingerprint density at radius 3 is 2.69 bits per heavy atom. The molecular weight excluding hydrogens is 441 g/mol. The van der Waals surface area contributed by atoms with Crippen LogP contribution in [0.25, 0.3) is 21.2 Å². The Kier molecular flexibility index (Phi) is 5.33. The van der Waals surface area contributed by atoms with Crippen LogP contribution in [0.1, 0.15) is 25.1 Å². The maximum atomic E-state index is 12.4. The Morgan fingerprint density at radius 2 is 2.04 bits per heavy atom. The normalized spacial score (nSPS) is 11.1. The lowest BCUT2D eigenvalue weighted by atomic mass is 10.1. The van der Waals surface area contributed by atoms with Crippen LogP contribution in [0, 0.1) is 9.49 Å². The van der Waals surface area contributed by atoms with Gasteiger partial charge in [0, 0.05) is 39.9 Å². The topological polar surface area (TPSA) is 88.6 Å². The monoisotopic (exact) mass is 460 g/mol. The van der Waals surface area contributed by atoms with Crippen LogP contribution in [0.5, 0.6) is 0 Å². The first-order valence-corrected chi connectivity index (χ1v) is 9.36. The predicted octanol–water partition coefficient (Wildman–Crippen LogP) is 4.53. The van der Waals surface area contributed by atoms with Crippen molar-refractivity contribution in [3.05, 3.63) is 66.2 Å². The summed E-state index contributed by atoms with van der Waals surface area (Å²) in [6.07, 6.45) is 4.71. The molecule has 0 fully saturated rings. The summed E-state index contributed by atoms with van der Waals surface area (Å²) in [6.45, 7) is 4.91. The summed E-state index contributed by atoms with van der Waals surface area (Å²) in [4.78, 5) is 15.3. The van der Waals surface area contributed by atoms with Gasteiger partial charge < -0.3 is 4.57 Å². The van der Waals surface area contributed by atoms with Crippen molar-refractivity contribution < 1.29 is 0 Å². The van der Waals surface area contributed by atoms with E-state index in [9.17, 15) is 4.79 Å². The molecule has 0 spiro atoms. The molecule has 0 saturated carbocycles. The van der Waals surface area contributed by atoms with E-state index in [0.29, 0.717) is 23.5 Å². The van der Waals surface area contributed by atoms with Crippen LogP contribution in [0.15, 0.2) is 40.5 Å². The van der Waals surface area contributed by atoms with Gasteiger partial charge in [0.1, 0.15) is 0 Å². The van der Waals surface area contributed by atoms with Gasteiger partial charge in [-0.2, -0.15) is 5.10 Å². The summed E-state index contributed by atoms with van der Waals surface area (Å²) in [5.74, 6) is 0.460. The first kappa shape index (κ1) is 18.5. The molecule has 3 aromatic rings. The van der Waals surface area contributed by atoms with Crippen molar-refractivity contribution in [3.63, 3.8) is 0 Å². The third-order valence-electron chi connectivity index (χ3n) is 4.12. The molecule has 0 saturated heterocycles. The zero-order chi connectivity index (χ0) is 18.8. The summed E-state index contributed by atoms with van der Waals surface area (Å²) in [5, 5.41) is 9.73. The summed E-state index contributed by atoms with van der Waals surface area (Å²) in [6, 6.07) is 5.73. The molecule has 7 nitrogen and oxygen atoms in total. The molecule has 0 aliphatic carbocycles. The second kappa shape index (κ2) is 7.51. The fourth-order valence-corrected chi connectivity index (χ4v) is 3.67. The van der Waals surface area contributed by atoms with Crippen LogP contribution in [0.3, 0.4) is 0 Å². The van der Waals surface area contributed by atoms with Crippen LogP contribution in [-0.4, -0.2) is 14.3 Å². The molecule has 8 heteroatoms. The Labute approximate surface area is 164 Å². The number of aromatic nitrogens is 3. The second-order valence-electron chi connectivity index (χ2n) is 6.71. The third kappa shape index (κ3) is 3.76. The molecule has 2 heterocycles. The summed E-state index contributed by atoms with van der Waals surface area (Å²) >= 11 is 2.16. The minimum absolute atomic E-state index is 0.0838. The quantitative estimate of drug-likeness (QED) is 0.242. The molecule has 0 aliphatic heterocycles. The number of benzene rings is 1. The summed E-state index contributed by atoms with van der Waals surface area (Å²) in [5.41, 5.74) is 11.1. The molecule has 3 rings (SSSR count). The van der Waals surface area contributed by atoms with Gasteiger partial charge in [0.25, 0.3) is 5.56 Å². The fourth-order valence-electron chi connectivity index (χ4n) is 2.98. The number of nitrogens with zero attached hydrogens (tertiary/aromatic N) is 6. The maximum absolute atomic E-state index is 12.4. The first-order chi connectivity index (χ1) is 12.4. The third-order valence-corrected chi connectivity index (χ3v) is 4.98. The Morgan fingerprint density at radius 1 is 1.31 bits per heavy atom. The van der Waals surface area contributed by atoms with E-state index in [4.69, 9.17) is 5.53 Å². The lowest BCUT2D eigenvalue weighted by Crippen LogP contribution is -2.21. The molecular formula is C18H19IN6O. The highest BCUT2D eigenvalue weighted by Crippen LogP contribution is 2.24. The van der Waals surface area contributed by atoms with Crippen molar-refractivity contribution >= 4 is 39.1 Å². The van der Waals surface area contributed by atoms with E-state index in [1.807, 2.05) is 35.2 Å². The van der Waals surface area contributed by atoms with E-state index in [-0.39, 0.29) is 5.56 Å². The van der Waals surface area contributed by atoms with Crippen molar-refractivity contribution in [3.8, 4) is 0 Å². The molecule has 0 aliphatic rings. The molecule has 0 amide bonds. The molecule has 0 radical (unpaired) electrons. The Balaban J connectivity index is 2.01. The van der Waals surface area contributed by atoms with Crippen LogP contribution < -0.4 is 5.56 Å². The van der Waals surface area contributed by atoms with Crippen molar-refractivity contribution in [2.24, 2.45) is 18.1 Å². The highest BCUT2D eigenvalue weighted by Gasteiger charge is 2.13. The van der Waals surface area contributed by atoms with Gasteiger partial charge in [0.05, 0.1) is 16.8 Å². The SMILES string of the molecule is CC(C)Cc1nn(C)c(=O)c2cn(Cc3ccc(N=[N+]=[N-])c([125I])c3)cc12. The lowest BCUT2D eigenvalue weighted by Gasteiger charge is -2.07. The van der Waals surface area contributed by atoms with Crippen LogP contribution >= 0.6 is 22.6 Å². The molecule has 0 atom stereocenters. The number of hydrogen-bond donors (Lipinski definition) is 0. The van der Waals surface area contributed by atoms with Gasteiger partial charge in [0.2, 0.25) is 0 Å². The van der Waals surface area contributed by atoms with Gasteiger partial charge in [-0.3, -0.25) is 4.79 Å². The van der Waals surface area contributed by atoms with E-state index in [1.165, 1.54) is 4.68 Å². The number of rotatable bonds is 5. The number of azide groups is 1. The number of halogens is 1. The number of fused-ring (bicyclic) bond motifs is 1. The maximum Gasteiger partial charge on any atom is 0.275 e. The minimum Gasteiger partial charge on any atom is -0.348 e. The molecule has 0 bridgehead atoms. The molecule has 0 N–H and O–H groups in total. The van der Waals surface area contributed by atoms with E-state index in [2.05, 4.69) is 51.6 Å². The lowest BCUT2D eigenvalue weighted by molar-refractivity contribution is 0.605. The summed E-state index contributed by atoms with van der Waals surface area (Å²) in [7, 11) is 1.69. The van der Waals surface area contributed by atoms with Gasteiger partial charge in [-0.25, -0.2) is 4.68 Å². The Hall–Kier alpha value is -2.32.